The second-order valence-electron chi connectivity index (χ2n) is 6.16. The summed E-state index contributed by atoms with van der Waals surface area (Å²) in [6.07, 6.45) is 7.87. The van der Waals surface area contributed by atoms with Crippen LogP contribution in [0.5, 0.6) is 0 Å². The molecule has 1 aromatic heterocycles. The third kappa shape index (κ3) is 2.46. The molecule has 0 aliphatic heterocycles. The van der Waals surface area contributed by atoms with Crippen LogP contribution >= 0.6 is 11.5 Å². The molecule has 4 heteroatoms. The summed E-state index contributed by atoms with van der Waals surface area (Å²) in [4.78, 5) is 4.63. The molecule has 2 fully saturated rings. The molecule has 0 saturated heterocycles. The van der Waals surface area contributed by atoms with Gasteiger partial charge in [0, 0.05) is 23.5 Å². The van der Waals surface area contributed by atoms with Crippen molar-refractivity contribution in [3.05, 3.63) is 5.82 Å². The van der Waals surface area contributed by atoms with Crippen molar-refractivity contribution in [3.63, 3.8) is 0 Å². The number of hydrogen-bond acceptors (Lipinski definition) is 4. The number of anilines is 1. The Morgan fingerprint density at radius 3 is 2.76 bits per heavy atom. The Balaban J connectivity index is 1.67. The second kappa shape index (κ2) is 4.23. The van der Waals surface area contributed by atoms with Crippen LogP contribution in [0.4, 0.5) is 5.13 Å². The van der Waals surface area contributed by atoms with Crippen molar-refractivity contribution in [2.45, 2.75) is 64.3 Å². The summed E-state index contributed by atoms with van der Waals surface area (Å²) in [5.41, 5.74) is 0.393. The van der Waals surface area contributed by atoms with Gasteiger partial charge >= 0.3 is 0 Å². The van der Waals surface area contributed by atoms with Crippen LogP contribution in [0.15, 0.2) is 0 Å². The predicted octanol–water partition coefficient (Wildman–Crippen LogP) is 3.80. The van der Waals surface area contributed by atoms with Gasteiger partial charge in [0.15, 0.2) is 0 Å². The molecule has 0 bridgehead atoms. The highest BCUT2D eigenvalue weighted by atomic mass is 32.1. The number of aromatic nitrogens is 2. The minimum atomic E-state index is 0.393. The van der Waals surface area contributed by atoms with Crippen LogP contribution < -0.4 is 5.32 Å². The van der Waals surface area contributed by atoms with Gasteiger partial charge in [0.2, 0.25) is 5.13 Å². The van der Waals surface area contributed by atoms with Crippen molar-refractivity contribution in [2.75, 3.05) is 5.32 Å². The summed E-state index contributed by atoms with van der Waals surface area (Å²) < 4.78 is 4.46. The van der Waals surface area contributed by atoms with Crippen molar-refractivity contribution in [1.29, 1.82) is 0 Å². The van der Waals surface area contributed by atoms with Gasteiger partial charge in [0.25, 0.3) is 0 Å². The fourth-order valence-corrected chi connectivity index (χ4v) is 3.41. The maximum atomic E-state index is 4.63. The minimum absolute atomic E-state index is 0.393. The fraction of sp³-hybridized carbons (Fsp3) is 0.846. The molecule has 3 rings (SSSR count). The average molecular weight is 251 g/mol. The molecule has 2 aliphatic rings. The lowest BCUT2D eigenvalue weighted by Gasteiger charge is -2.38. The lowest BCUT2D eigenvalue weighted by Crippen LogP contribution is -2.38. The van der Waals surface area contributed by atoms with Gasteiger partial charge in [-0.25, -0.2) is 4.98 Å². The van der Waals surface area contributed by atoms with E-state index in [9.17, 15) is 0 Å². The highest BCUT2D eigenvalue weighted by Crippen LogP contribution is 2.41. The fourth-order valence-electron chi connectivity index (χ4n) is 2.71. The SMILES string of the molecule is CC1(C)CCCCC1Nc1nc(C2CC2)ns1. The van der Waals surface area contributed by atoms with E-state index in [0.29, 0.717) is 17.4 Å². The van der Waals surface area contributed by atoms with Crippen LogP contribution in [0.25, 0.3) is 0 Å². The van der Waals surface area contributed by atoms with E-state index in [0.717, 1.165) is 11.0 Å². The lowest BCUT2D eigenvalue weighted by molar-refractivity contribution is 0.217. The quantitative estimate of drug-likeness (QED) is 0.888. The Hall–Kier alpha value is -0.640. The zero-order valence-electron chi connectivity index (χ0n) is 10.7. The number of rotatable bonds is 3. The molecule has 3 nitrogen and oxygen atoms in total. The molecule has 0 radical (unpaired) electrons. The van der Waals surface area contributed by atoms with E-state index >= 15 is 0 Å². The van der Waals surface area contributed by atoms with Crippen LogP contribution in [0, 0.1) is 5.41 Å². The first kappa shape index (κ1) is 11.5. The molecule has 17 heavy (non-hydrogen) atoms. The van der Waals surface area contributed by atoms with Crippen molar-refractivity contribution >= 4 is 16.7 Å². The largest absolute Gasteiger partial charge is 0.357 e. The first-order valence-corrected chi connectivity index (χ1v) is 7.53. The molecular formula is C13H21N3S. The third-order valence-electron chi connectivity index (χ3n) is 4.19. The average Bonchev–Trinajstić information content (AvgIpc) is 3.03. The van der Waals surface area contributed by atoms with Crippen LogP contribution in [0.2, 0.25) is 0 Å². The molecule has 94 valence electrons. The molecule has 1 aromatic rings. The van der Waals surface area contributed by atoms with E-state index in [1.54, 1.807) is 11.5 Å². The standard InChI is InChI=1S/C13H21N3S/c1-13(2)8-4-3-5-10(13)14-12-15-11(16-17-12)9-6-7-9/h9-10H,3-8H2,1-2H3,(H,14,15,16). The third-order valence-corrected chi connectivity index (χ3v) is 4.85. The van der Waals surface area contributed by atoms with E-state index in [1.165, 1.54) is 38.5 Å². The monoisotopic (exact) mass is 251 g/mol. The van der Waals surface area contributed by atoms with Gasteiger partial charge < -0.3 is 5.32 Å². The van der Waals surface area contributed by atoms with Crippen LogP contribution in [-0.4, -0.2) is 15.4 Å². The number of nitrogens with one attached hydrogen (secondary N) is 1. The summed E-state index contributed by atoms with van der Waals surface area (Å²) >= 11 is 1.54. The summed E-state index contributed by atoms with van der Waals surface area (Å²) in [6, 6.07) is 0.566. The molecule has 1 heterocycles. The molecule has 1 N–H and O–H groups in total. The number of hydrogen-bond donors (Lipinski definition) is 1. The Bertz CT molecular complexity index is 395. The van der Waals surface area contributed by atoms with E-state index in [1.807, 2.05) is 0 Å². The van der Waals surface area contributed by atoms with Crippen LogP contribution in [0.1, 0.15) is 64.1 Å². The maximum Gasteiger partial charge on any atom is 0.202 e. The molecule has 2 aliphatic carbocycles. The molecule has 2 saturated carbocycles. The van der Waals surface area contributed by atoms with Crippen molar-refractivity contribution in [2.24, 2.45) is 5.41 Å². The molecule has 0 amide bonds. The molecule has 1 unspecified atom stereocenters. The topological polar surface area (TPSA) is 37.8 Å². The highest BCUT2D eigenvalue weighted by molar-refractivity contribution is 7.09. The van der Waals surface area contributed by atoms with E-state index < -0.39 is 0 Å². The van der Waals surface area contributed by atoms with Gasteiger partial charge in [-0.3, -0.25) is 0 Å². The van der Waals surface area contributed by atoms with E-state index in [2.05, 4.69) is 28.5 Å². The Kier molecular flexibility index (Phi) is 2.85. The van der Waals surface area contributed by atoms with Crippen LogP contribution in [-0.2, 0) is 0 Å². The van der Waals surface area contributed by atoms with E-state index in [4.69, 9.17) is 0 Å². The molecule has 0 spiro atoms. The molecule has 1 atom stereocenters. The molecule has 0 aromatic carbocycles. The summed E-state index contributed by atoms with van der Waals surface area (Å²) in [6.45, 7) is 4.74. The Labute approximate surface area is 107 Å². The summed E-state index contributed by atoms with van der Waals surface area (Å²) in [7, 11) is 0. The van der Waals surface area contributed by atoms with Gasteiger partial charge in [-0.05, 0) is 31.1 Å². The molecular weight excluding hydrogens is 230 g/mol. The van der Waals surface area contributed by atoms with Gasteiger partial charge in [0.05, 0.1) is 0 Å². The van der Waals surface area contributed by atoms with Gasteiger partial charge in [-0.2, -0.15) is 4.37 Å². The predicted molar refractivity (Wildman–Crippen MR) is 71.5 cm³/mol. The first-order chi connectivity index (χ1) is 8.15. The number of nitrogens with zero attached hydrogens (tertiary/aromatic N) is 2. The second-order valence-corrected chi connectivity index (χ2v) is 6.92. The van der Waals surface area contributed by atoms with Crippen molar-refractivity contribution in [3.8, 4) is 0 Å². The first-order valence-electron chi connectivity index (χ1n) is 6.75. The lowest BCUT2D eigenvalue weighted by atomic mass is 9.73. The Morgan fingerprint density at radius 1 is 1.24 bits per heavy atom. The van der Waals surface area contributed by atoms with Gasteiger partial charge in [-0.1, -0.05) is 26.7 Å². The minimum Gasteiger partial charge on any atom is -0.357 e. The van der Waals surface area contributed by atoms with E-state index in [-0.39, 0.29) is 0 Å². The normalized spacial score (nSPS) is 28.0. The smallest absolute Gasteiger partial charge is 0.202 e. The van der Waals surface area contributed by atoms with Gasteiger partial charge in [-0.15, -0.1) is 0 Å². The van der Waals surface area contributed by atoms with Crippen molar-refractivity contribution in [1.82, 2.24) is 9.36 Å². The van der Waals surface area contributed by atoms with Crippen molar-refractivity contribution < 1.29 is 0 Å². The zero-order valence-corrected chi connectivity index (χ0v) is 11.5. The maximum absolute atomic E-state index is 4.63. The highest BCUT2D eigenvalue weighted by Gasteiger charge is 2.33. The zero-order chi connectivity index (χ0) is 11.9. The van der Waals surface area contributed by atoms with Gasteiger partial charge in [0.1, 0.15) is 5.82 Å². The Morgan fingerprint density at radius 2 is 2.06 bits per heavy atom. The van der Waals surface area contributed by atoms with Crippen LogP contribution in [0.3, 0.4) is 0 Å². The summed E-state index contributed by atoms with van der Waals surface area (Å²) in [5.74, 6) is 1.74. The summed E-state index contributed by atoms with van der Waals surface area (Å²) in [5, 5.41) is 4.65.